The third kappa shape index (κ3) is 5.26. The molecule has 0 saturated carbocycles. The highest BCUT2D eigenvalue weighted by molar-refractivity contribution is 7.12. The van der Waals surface area contributed by atoms with Crippen LogP contribution >= 0.6 is 11.3 Å². The number of nitrogens with zero attached hydrogens (tertiary/aromatic N) is 3. The van der Waals surface area contributed by atoms with E-state index in [0.29, 0.717) is 24.7 Å². The van der Waals surface area contributed by atoms with Crippen molar-refractivity contribution in [3.8, 4) is 0 Å². The van der Waals surface area contributed by atoms with Crippen molar-refractivity contribution in [2.45, 2.75) is 19.8 Å². The summed E-state index contributed by atoms with van der Waals surface area (Å²) >= 11 is 1.47. The summed E-state index contributed by atoms with van der Waals surface area (Å²) in [6.45, 7) is 7.05. The maximum absolute atomic E-state index is 12.5. The summed E-state index contributed by atoms with van der Waals surface area (Å²) in [5, 5.41) is 7.57. The topological polar surface area (TPSA) is 77.6 Å². The molecule has 3 amide bonds. The highest BCUT2D eigenvalue weighted by Crippen LogP contribution is 2.20. The summed E-state index contributed by atoms with van der Waals surface area (Å²) in [6, 6.07) is 15.0. The number of urea groups is 1. The van der Waals surface area contributed by atoms with E-state index in [9.17, 15) is 9.59 Å². The Kier molecular flexibility index (Phi) is 6.70. The van der Waals surface area contributed by atoms with Crippen LogP contribution in [0, 0.1) is 0 Å². The Bertz CT molecular complexity index is 1040. The minimum Gasteiger partial charge on any atom is -0.353 e. The van der Waals surface area contributed by atoms with Crippen molar-refractivity contribution in [1.29, 1.82) is 0 Å². The van der Waals surface area contributed by atoms with Crippen LogP contribution in [0.5, 0.6) is 0 Å². The van der Waals surface area contributed by atoms with E-state index in [1.54, 1.807) is 6.20 Å². The van der Waals surface area contributed by atoms with Gasteiger partial charge in [0.05, 0.1) is 16.8 Å². The standard InChI is InChI=1S/C24H27N5O2S/c1-17(2)18-5-7-19(8-6-18)26-24(31)27-20-9-10-22(25-16-20)28-11-13-29(14-12-28)23(30)21-4-3-15-32-21/h3-10,15-17H,11-14H2,1-2H3,(H2,26,27,31). The van der Waals surface area contributed by atoms with Crippen LogP contribution in [0.3, 0.4) is 0 Å². The van der Waals surface area contributed by atoms with E-state index in [4.69, 9.17) is 0 Å². The van der Waals surface area contributed by atoms with Crippen LogP contribution in [0.2, 0.25) is 0 Å². The van der Waals surface area contributed by atoms with E-state index in [2.05, 4.69) is 34.4 Å². The van der Waals surface area contributed by atoms with Gasteiger partial charge >= 0.3 is 6.03 Å². The first kappa shape index (κ1) is 21.8. The average molecular weight is 450 g/mol. The van der Waals surface area contributed by atoms with Gasteiger partial charge in [0, 0.05) is 31.9 Å². The second-order valence-electron chi connectivity index (χ2n) is 8.02. The lowest BCUT2D eigenvalue weighted by atomic mass is 10.0. The maximum Gasteiger partial charge on any atom is 0.323 e. The lowest BCUT2D eigenvalue weighted by molar-refractivity contribution is 0.0751. The van der Waals surface area contributed by atoms with Crippen molar-refractivity contribution < 1.29 is 9.59 Å². The summed E-state index contributed by atoms with van der Waals surface area (Å²) < 4.78 is 0. The van der Waals surface area contributed by atoms with Gasteiger partial charge < -0.3 is 20.4 Å². The van der Waals surface area contributed by atoms with Gasteiger partial charge in [-0.1, -0.05) is 32.0 Å². The molecule has 2 aromatic heterocycles. The Morgan fingerprint density at radius 3 is 2.22 bits per heavy atom. The van der Waals surface area contributed by atoms with Gasteiger partial charge in [0.25, 0.3) is 5.91 Å². The molecule has 1 aliphatic rings. The molecule has 4 rings (SSSR count). The SMILES string of the molecule is CC(C)c1ccc(NC(=O)Nc2ccc(N3CCN(C(=O)c4cccs4)CC3)nc2)cc1. The Morgan fingerprint density at radius 1 is 0.938 bits per heavy atom. The van der Waals surface area contributed by atoms with Crippen molar-refractivity contribution in [1.82, 2.24) is 9.88 Å². The van der Waals surface area contributed by atoms with E-state index in [0.717, 1.165) is 29.5 Å². The van der Waals surface area contributed by atoms with Gasteiger partial charge in [-0.15, -0.1) is 11.3 Å². The lowest BCUT2D eigenvalue weighted by Gasteiger charge is -2.35. The summed E-state index contributed by atoms with van der Waals surface area (Å²) in [7, 11) is 0. The molecular weight excluding hydrogens is 422 g/mol. The normalized spacial score (nSPS) is 13.8. The largest absolute Gasteiger partial charge is 0.353 e. The number of amides is 3. The van der Waals surface area contributed by atoms with Gasteiger partial charge in [0.1, 0.15) is 5.82 Å². The number of nitrogens with one attached hydrogen (secondary N) is 2. The molecule has 3 aromatic rings. The fourth-order valence-corrected chi connectivity index (χ4v) is 4.28. The fourth-order valence-electron chi connectivity index (χ4n) is 3.59. The average Bonchev–Trinajstić information content (AvgIpc) is 3.34. The molecule has 0 radical (unpaired) electrons. The number of pyridine rings is 1. The zero-order valence-corrected chi connectivity index (χ0v) is 19.1. The number of benzene rings is 1. The molecule has 1 aromatic carbocycles. The van der Waals surface area contributed by atoms with Crippen LogP contribution in [0.1, 0.15) is 35.0 Å². The highest BCUT2D eigenvalue weighted by atomic mass is 32.1. The number of carbonyl (C=O) groups excluding carboxylic acids is 2. The van der Waals surface area contributed by atoms with Gasteiger partial charge in [-0.2, -0.15) is 0 Å². The number of anilines is 3. The van der Waals surface area contributed by atoms with E-state index in [1.165, 1.54) is 16.9 Å². The van der Waals surface area contributed by atoms with Crippen LogP contribution in [-0.2, 0) is 0 Å². The van der Waals surface area contributed by atoms with Crippen LogP contribution in [0.25, 0.3) is 0 Å². The van der Waals surface area contributed by atoms with E-state index in [-0.39, 0.29) is 11.9 Å². The van der Waals surface area contributed by atoms with Gasteiger partial charge in [-0.3, -0.25) is 4.79 Å². The third-order valence-electron chi connectivity index (χ3n) is 5.46. The van der Waals surface area contributed by atoms with Gasteiger partial charge in [0.15, 0.2) is 0 Å². The number of hydrogen-bond acceptors (Lipinski definition) is 5. The molecule has 1 fully saturated rings. The number of piperazine rings is 1. The van der Waals surface area contributed by atoms with Crippen molar-refractivity contribution in [3.63, 3.8) is 0 Å². The predicted octanol–water partition coefficient (Wildman–Crippen LogP) is 4.87. The van der Waals surface area contributed by atoms with Crippen molar-refractivity contribution in [3.05, 3.63) is 70.5 Å². The van der Waals surface area contributed by atoms with Crippen LogP contribution < -0.4 is 15.5 Å². The minimum atomic E-state index is -0.308. The van der Waals surface area contributed by atoms with Gasteiger partial charge in [-0.25, -0.2) is 9.78 Å². The molecule has 0 spiro atoms. The molecule has 0 unspecified atom stereocenters. The number of aromatic nitrogens is 1. The Labute approximate surface area is 192 Å². The first-order valence-electron chi connectivity index (χ1n) is 10.7. The van der Waals surface area contributed by atoms with E-state index >= 15 is 0 Å². The molecule has 3 heterocycles. The second kappa shape index (κ2) is 9.82. The number of carbonyl (C=O) groups is 2. The summed E-state index contributed by atoms with van der Waals surface area (Å²) in [5.41, 5.74) is 2.59. The highest BCUT2D eigenvalue weighted by Gasteiger charge is 2.23. The monoisotopic (exact) mass is 449 g/mol. The maximum atomic E-state index is 12.5. The van der Waals surface area contributed by atoms with E-state index in [1.807, 2.05) is 58.8 Å². The van der Waals surface area contributed by atoms with Gasteiger partial charge in [-0.05, 0) is 47.2 Å². The lowest BCUT2D eigenvalue weighted by Crippen LogP contribution is -2.48. The van der Waals surface area contributed by atoms with Crippen molar-refractivity contribution in [2.75, 3.05) is 41.7 Å². The van der Waals surface area contributed by atoms with Crippen molar-refractivity contribution in [2.24, 2.45) is 0 Å². The molecule has 166 valence electrons. The molecule has 1 saturated heterocycles. The van der Waals surface area contributed by atoms with Gasteiger partial charge in [0.2, 0.25) is 0 Å². The Balaban J connectivity index is 1.28. The van der Waals surface area contributed by atoms with Crippen LogP contribution in [-0.4, -0.2) is 48.0 Å². The molecule has 8 heteroatoms. The predicted molar refractivity (Wildman–Crippen MR) is 130 cm³/mol. The van der Waals surface area contributed by atoms with Crippen molar-refractivity contribution >= 4 is 40.5 Å². The zero-order valence-electron chi connectivity index (χ0n) is 18.2. The van der Waals surface area contributed by atoms with Crippen LogP contribution in [0.15, 0.2) is 60.1 Å². The second-order valence-corrected chi connectivity index (χ2v) is 8.97. The molecule has 2 N–H and O–H groups in total. The number of hydrogen-bond donors (Lipinski definition) is 2. The minimum absolute atomic E-state index is 0.0945. The van der Waals surface area contributed by atoms with Crippen LogP contribution in [0.4, 0.5) is 22.0 Å². The summed E-state index contributed by atoms with van der Waals surface area (Å²) in [5.74, 6) is 1.38. The molecule has 7 nitrogen and oxygen atoms in total. The molecule has 1 aliphatic heterocycles. The summed E-state index contributed by atoms with van der Waals surface area (Å²) in [4.78, 5) is 34.1. The summed E-state index contributed by atoms with van der Waals surface area (Å²) in [6.07, 6.45) is 1.65. The molecular formula is C24H27N5O2S. The first-order chi connectivity index (χ1) is 15.5. The quantitative estimate of drug-likeness (QED) is 0.582. The molecule has 0 atom stereocenters. The van der Waals surface area contributed by atoms with E-state index < -0.39 is 0 Å². The third-order valence-corrected chi connectivity index (χ3v) is 6.32. The molecule has 0 bridgehead atoms. The Morgan fingerprint density at radius 2 is 1.62 bits per heavy atom. The number of rotatable bonds is 5. The molecule has 32 heavy (non-hydrogen) atoms. The smallest absolute Gasteiger partial charge is 0.323 e. The Hall–Kier alpha value is -3.39. The molecule has 0 aliphatic carbocycles. The fraction of sp³-hybridized carbons (Fsp3) is 0.292. The number of thiophene rings is 1. The zero-order chi connectivity index (χ0) is 22.5. The first-order valence-corrected chi connectivity index (χ1v) is 11.6.